The maximum atomic E-state index is 5.31. The lowest BCUT2D eigenvalue weighted by Gasteiger charge is -2.15. The fourth-order valence-corrected chi connectivity index (χ4v) is 7.45. The van der Waals surface area contributed by atoms with Crippen molar-refractivity contribution in [3.8, 4) is 78.4 Å². The molecule has 0 saturated heterocycles. The number of hydrogen-bond donors (Lipinski definition) is 0. The van der Waals surface area contributed by atoms with Crippen LogP contribution in [-0.4, -0.2) is 24.9 Å². The monoisotopic (exact) mass is 715 g/mol. The molecule has 0 radical (unpaired) electrons. The summed E-state index contributed by atoms with van der Waals surface area (Å²) < 4.78 is 0. The molecule has 4 heterocycles. The Balaban J connectivity index is 1.18. The molecule has 0 bridgehead atoms. The summed E-state index contributed by atoms with van der Waals surface area (Å²) in [6, 6.07) is 61.2. The Hall–Kier alpha value is -7.63. The molecule has 6 aromatic carbocycles. The highest BCUT2D eigenvalue weighted by Gasteiger charge is 2.16. The lowest BCUT2D eigenvalue weighted by Crippen LogP contribution is -1.97. The van der Waals surface area contributed by atoms with Gasteiger partial charge in [0.05, 0.1) is 22.4 Å². The maximum Gasteiger partial charge on any atom is 0.160 e. The van der Waals surface area contributed by atoms with Gasteiger partial charge in [0.25, 0.3) is 0 Å². The highest BCUT2D eigenvalue weighted by molar-refractivity contribution is 5.99. The summed E-state index contributed by atoms with van der Waals surface area (Å²) in [5.74, 6) is 0.650. The largest absolute Gasteiger partial charge is 0.265 e. The van der Waals surface area contributed by atoms with Crippen molar-refractivity contribution in [2.75, 3.05) is 0 Å². The van der Waals surface area contributed by atoms with Gasteiger partial charge in [-0.15, -0.1) is 0 Å². The van der Waals surface area contributed by atoms with Crippen LogP contribution < -0.4 is 0 Å². The van der Waals surface area contributed by atoms with Crippen molar-refractivity contribution in [3.05, 3.63) is 201 Å². The molecule has 0 unspecified atom stereocenters. The van der Waals surface area contributed by atoms with Gasteiger partial charge in [0.2, 0.25) is 0 Å². The van der Waals surface area contributed by atoms with Crippen molar-refractivity contribution in [2.24, 2.45) is 0 Å². The lowest BCUT2D eigenvalue weighted by atomic mass is 9.92. The van der Waals surface area contributed by atoms with E-state index in [2.05, 4.69) is 151 Å². The molecule has 0 atom stereocenters. The molecule has 5 nitrogen and oxygen atoms in total. The zero-order valence-corrected chi connectivity index (χ0v) is 30.3. The minimum Gasteiger partial charge on any atom is -0.265 e. The van der Waals surface area contributed by atoms with Crippen molar-refractivity contribution in [1.82, 2.24) is 24.9 Å². The standard InChI is InChI=1S/C51H33N5/c1-2-8-34(9-3-1)35-16-20-38(21-17-35)47-33-48(56-51(55-47)41-22-18-36(19-23-41)37-24-28-52-29-25-37)44-31-42(45-14-4-10-39-12-6-26-53-49(39)45)30-43(32-44)46-15-5-11-40-13-7-27-54-50(40)46/h1-33H. The second kappa shape index (κ2) is 14.3. The predicted molar refractivity (Wildman–Crippen MR) is 228 cm³/mol. The molecular formula is C51H33N5. The van der Waals surface area contributed by atoms with Crippen LogP contribution in [0, 0.1) is 0 Å². The van der Waals surface area contributed by atoms with E-state index in [1.165, 1.54) is 5.56 Å². The number of rotatable bonds is 7. The third kappa shape index (κ3) is 6.37. The van der Waals surface area contributed by atoms with E-state index in [4.69, 9.17) is 19.9 Å². The van der Waals surface area contributed by atoms with Crippen LogP contribution in [0.4, 0.5) is 0 Å². The molecule has 56 heavy (non-hydrogen) atoms. The molecule has 0 aliphatic heterocycles. The molecule has 0 fully saturated rings. The van der Waals surface area contributed by atoms with Gasteiger partial charge < -0.3 is 0 Å². The smallest absolute Gasteiger partial charge is 0.160 e. The number of nitrogens with zero attached hydrogens (tertiary/aromatic N) is 5. The molecule has 0 aliphatic rings. The van der Waals surface area contributed by atoms with Crippen LogP contribution in [-0.2, 0) is 0 Å². The topological polar surface area (TPSA) is 64.5 Å². The molecule has 0 amide bonds. The quantitative estimate of drug-likeness (QED) is 0.164. The summed E-state index contributed by atoms with van der Waals surface area (Å²) in [5, 5.41) is 2.18. The van der Waals surface area contributed by atoms with Crippen molar-refractivity contribution in [1.29, 1.82) is 0 Å². The van der Waals surface area contributed by atoms with Crippen molar-refractivity contribution >= 4 is 21.8 Å². The van der Waals surface area contributed by atoms with Crippen molar-refractivity contribution < 1.29 is 0 Å². The number of aromatic nitrogens is 5. The molecule has 10 rings (SSSR count). The van der Waals surface area contributed by atoms with E-state index in [1.54, 1.807) is 0 Å². The first-order valence-corrected chi connectivity index (χ1v) is 18.6. The van der Waals surface area contributed by atoms with Gasteiger partial charge in [-0.1, -0.05) is 127 Å². The van der Waals surface area contributed by atoms with Gasteiger partial charge in [0.15, 0.2) is 5.82 Å². The van der Waals surface area contributed by atoms with Gasteiger partial charge >= 0.3 is 0 Å². The fourth-order valence-electron chi connectivity index (χ4n) is 7.45. The van der Waals surface area contributed by atoms with Gasteiger partial charge in [-0.25, -0.2) is 9.97 Å². The highest BCUT2D eigenvalue weighted by Crippen LogP contribution is 2.38. The molecular weight excluding hydrogens is 683 g/mol. The second-order valence-electron chi connectivity index (χ2n) is 13.8. The van der Waals surface area contributed by atoms with Gasteiger partial charge in [-0.2, -0.15) is 0 Å². The predicted octanol–water partition coefficient (Wildman–Crippen LogP) is 12.6. The normalized spacial score (nSPS) is 11.2. The minimum atomic E-state index is 0.650. The Bertz CT molecular complexity index is 2790. The Morgan fingerprint density at radius 2 is 0.750 bits per heavy atom. The summed E-state index contributed by atoms with van der Waals surface area (Å²) in [6.45, 7) is 0. The van der Waals surface area contributed by atoms with E-state index >= 15 is 0 Å². The maximum absolute atomic E-state index is 5.31. The first kappa shape index (κ1) is 33.0. The number of benzene rings is 6. The first-order valence-electron chi connectivity index (χ1n) is 18.6. The van der Waals surface area contributed by atoms with Crippen LogP contribution in [0.15, 0.2) is 201 Å². The summed E-state index contributed by atoms with van der Waals surface area (Å²) in [4.78, 5) is 24.4. The van der Waals surface area contributed by atoms with E-state index in [9.17, 15) is 0 Å². The van der Waals surface area contributed by atoms with Crippen LogP contribution in [0.5, 0.6) is 0 Å². The summed E-state index contributed by atoms with van der Waals surface area (Å²) in [7, 11) is 0. The second-order valence-corrected chi connectivity index (χ2v) is 13.8. The molecule has 0 saturated carbocycles. The van der Waals surface area contributed by atoms with Crippen LogP contribution in [0.3, 0.4) is 0 Å². The lowest BCUT2D eigenvalue weighted by molar-refractivity contribution is 1.18. The van der Waals surface area contributed by atoms with Gasteiger partial charge in [-0.05, 0) is 81.9 Å². The van der Waals surface area contributed by atoms with Crippen molar-refractivity contribution in [2.45, 2.75) is 0 Å². The van der Waals surface area contributed by atoms with Crippen LogP contribution in [0.2, 0.25) is 0 Å². The number of hydrogen-bond acceptors (Lipinski definition) is 5. The Labute approximate surface area is 324 Å². The van der Waals surface area contributed by atoms with E-state index in [1.807, 2.05) is 55.1 Å². The zero-order chi connectivity index (χ0) is 37.3. The van der Waals surface area contributed by atoms with E-state index in [-0.39, 0.29) is 0 Å². The van der Waals surface area contributed by atoms with Gasteiger partial charge in [-0.3, -0.25) is 15.0 Å². The molecule has 262 valence electrons. The Morgan fingerprint density at radius 3 is 1.34 bits per heavy atom. The third-order valence-electron chi connectivity index (χ3n) is 10.3. The summed E-state index contributed by atoms with van der Waals surface area (Å²) in [6.07, 6.45) is 7.35. The van der Waals surface area contributed by atoms with E-state index in [0.29, 0.717) is 5.82 Å². The van der Waals surface area contributed by atoms with Crippen LogP contribution in [0.1, 0.15) is 0 Å². The molecule has 0 spiro atoms. The molecule has 4 aromatic heterocycles. The highest BCUT2D eigenvalue weighted by atomic mass is 14.9. The molecule has 10 aromatic rings. The summed E-state index contributed by atoms with van der Waals surface area (Å²) >= 11 is 0. The number of pyridine rings is 3. The average molecular weight is 716 g/mol. The molecule has 0 aliphatic carbocycles. The van der Waals surface area contributed by atoms with Crippen LogP contribution in [0.25, 0.3) is 100 Å². The van der Waals surface area contributed by atoms with E-state index < -0.39 is 0 Å². The summed E-state index contributed by atoms with van der Waals surface area (Å²) in [5.41, 5.74) is 15.2. The van der Waals surface area contributed by atoms with Crippen molar-refractivity contribution in [3.63, 3.8) is 0 Å². The fraction of sp³-hybridized carbons (Fsp3) is 0. The van der Waals surface area contributed by atoms with Gasteiger partial charge in [0, 0.05) is 63.4 Å². The zero-order valence-electron chi connectivity index (χ0n) is 30.3. The third-order valence-corrected chi connectivity index (χ3v) is 10.3. The molecule has 5 heteroatoms. The minimum absolute atomic E-state index is 0.650. The number of fused-ring (bicyclic) bond motifs is 2. The van der Waals surface area contributed by atoms with Crippen LogP contribution >= 0.6 is 0 Å². The average Bonchev–Trinajstić information content (AvgIpc) is 3.29. The molecule has 0 N–H and O–H groups in total. The Morgan fingerprint density at radius 1 is 0.286 bits per heavy atom. The Kier molecular flexibility index (Phi) is 8.43. The first-order chi connectivity index (χ1) is 27.7. The van der Waals surface area contributed by atoms with Gasteiger partial charge in [0.1, 0.15) is 0 Å². The van der Waals surface area contributed by atoms with E-state index in [0.717, 1.165) is 88.8 Å². The number of para-hydroxylation sites is 2. The SMILES string of the molecule is c1ccc(-c2ccc(-c3cc(-c4cc(-c5cccc6cccnc56)cc(-c5cccc6cccnc56)c4)nc(-c4ccc(-c5ccncc5)cc4)n3)cc2)cc1.